The maximum atomic E-state index is 8.87. The van der Waals surface area contributed by atoms with Gasteiger partial charge in [0, 0.05) is 13.8 Å². The summed E-state index contributed by atoms with van der Waals surface area (Å²) in [5.74, 6) is 0. The first-order valence-electron chi connectivity index (χ1n) is 3.30. The van der Waals surface area contributed by atoms with Gasteiger partial charge < -0.3 is 5.11 Å². The number of aliphatic hydroxyl groups is 1. The van der Waals surface area contributed by atoms with E-state index in [1.54, 1.807) is 0 Å². The summed E-state index contributed by atoms with van der Waals surface area (Å²) in [5, 5.41) is 8.87. The molecule has 0 spiro atoms. The molecule has 1 N–H and O–H groups in total. The van der Waals surface area contributed by atoms with Crippen LogP contribution in [0.25, 0.3) is 0 Å². The fourth-order valence-electron chi connectivity index (χ4n) is 0.829. The highest BCUT2D eigenvalue weighted by atomic mass is 127. The van der Waals surface area contributed by atoms with Crippen LogP contribution in [0.1, 0.15) is 11.1 Å². The van der Waals surface area contributed by atoms with Crippen LogP contribution in [0.5, 0.6) is 0 Å². The summed E-state index contributed by atoms with van der Waals surface area (Å²) in [7, 11) is 3.42. The summed E-state index contributed by atoms with van der Waals surface area (Å²) in [4.78, 5) is 0. The molecule has 0 amide bonds. The molecule has 57 valence electrons. The van der Waals surface area contributed by atoms with Gasteiger partial charge in [0.15, 0.2) is 0 Å². The van der Waals surface area contributed by atoms with E-state index in [0.717, 1.165) is 15.2 Å². The monoisotopic (exact) mass is 275 g/mol. The number of hydrogen-bond acceptors (Lipinski definition) is 1. The molecule has 1 aromatic rings. The van der Waals surface area contributed by atoms with Gasteiger partial charge in [-0.05, 0) is 40.3 Å². The van der Waals surface area contributed by atoms with Gasteiger partial charge in [0.25, 0.3) is 0 Å². The molecule has 0 heterocycles. The van der Waals surface area contributed by atoms with Gasteiger partial charge in [-0.2, -0.15) is 0 Å². The van der Waals surface area contributed by atoms with E-state index in [4.69, 9.17) is 5.11 Å². The second kappa shape index (κ2) is 4.23. The van der Waals surface area contributed by atoms with Gasteiger partial charge in [-0.15, -0.1) is 0 Å². The topological polar surface area (TPSA) is 20.2 Å². The van der Waals surface area contributed by atoms with Gasteiger partial charge in [0.1, 0.15) is 0 Å². The standard InChI is InChI=1S/C8H8IOSi/c9-8-3-6(5-11)1-2-7(8)4-10/h1-3,10H,4-5H2. The van der Waals surface area contributed by atoms with Crippen LogP contribution in [0, 0.1) is 3.57 Å². The third-order valence-corrected chi connectivity index (χ3v) is 2.90. The molecule has 3 radical (unpaired) electrons. The van der Waals surface area contributed by atoms with Crippen molar-refractivity contribution in [2.45, 2.75) is 12.7 Å². The van der Waals surface area contributed by atoms with E-state index in [1.165, 1.54) is 5.56 Å². The van der Waals surface area contributed by atoms with Gasteiger partial charge in [-0.1, -0.05) is 17.7 Å². The zero-order chi connectivity index (χ0) is 8.27. The van der Waals surface area contributed by atoms with E-state index in [9.17, 15) is 0 Å². The van der Waals surface area contributed by atoms with Crippen LogP contribution in [0.4, 0.5) is 0 Å². The molecule has 11 heavy (non-hydrogen) atoms. The minimum atomic E-state index is 0.125. The molecule has 3 heteroatoms. The number of rotatable bonds is 2. The van der Waals surface area contributed by atoms with Crippen LogP contribution in [-0.2, 0) is 12.7 Å². The fourth-order valence-corrected chi connectivity index (χ4v) is 1.80. The zero-order valence-corrected chi connectivity index (χ0v) is 9.13. The van der Waals surface area contributed by atoms with Crippen LogP contribution in [-0.4, -0.2) is 15.3 Å². The first kappa shape index (κ1) is 9.22. The maximum Gasteiger partial charge on any atom is 0.0692 e. The smallest absolute Gasteiger partial charge is 0.0692 e. The molecular weight excluding hydrogens is 267 g/mol. The number of benzene rings is 1. The van der Waals surface area contributed by atoms with Crippen molar-refractivity contribution in [2.75, 3.05) is 0 Å². The Kier molecular flexibility index (Phi) is 3.54. The maximum absolute atomic E-state index is 8.87. The van der Waals surface area contributed by atoms with E-state index in [-0.39, 0.29) is 6.61 Å². The molecule has 0 fully saturated rings. The van der Waals surface area contributed by atoms with E-state index >= 15 is 0 Å². The molecule has 0 saturated carbocycles. The SMILES string of the molecule is OCc1ccc(C[Si])cc1I. The van der Waals surface area contributed by atoms with E-state index < -0.39 is 0 Å². The Morgan fingerprint density at radius 2 is 2.18 bits per heavy atom. The van der Waals surface area contributed by atoms with Crippen molar-refractivity contribution in [1.29, 1.82) is 0 Å². The summed E-state index contributed by atoms with van der Waals surface area (Å²) < 4.78 is 1.13. The molecule has 0 bridgehead atoms. The Morgan fingerprint density at radius 3 is 2.64 bits per heavy atom. The third-order valence-electron chi connectivity index (χ3n) is 1.49. The van der Waals surface area contributed by atoms with Crippen LogP contribution >= 0.6 is 22.6 Å². The summed E-state index contributed by atoms with van der Waals surface area (Å²) in [6, 6.07) is 6.90. The molecule has 0 aromatic heterocycles. The zero-order valence-electron chi connectivity index (χ0n) is 5.97. The molecule has 1 nitrogen and oxygen atoms in total. The Balaban J connectivity index is 2.99. The molecule has 0 aliphatic heterocycles. The largest absolute Gasteiger partial charge is 0.392 e. The molecule has 0 atom stereocenters. The summed E-state index contributed by atoms with van der Waals surface area (Å²) >= 11 is 2.23. The molecule has 0 saturated heterocycles. The third kappa shape index (κ3) is 2.28. The van der Waals surface area contributed by atoms with Crippen LogP contribution in [0.3, 0.4) is 0 Å². The summed E-state index contributed by atoms with van der Waals surface area (Å²) in [6.45, 7) is 0.125. The minimum absolute atomic E-state index is 0.125. The van der Waals surface area contributed by atoms with E-state index in [0.29, 0.717) is 0 Å². The van der Waals surface area contributed by atoms with Gasteiger partial charge in [-0.25, -0.2) is 0 Å². The predicted molar refractivity (Wildman–Crippen MR) is 54.5 cm³/mol. The van der Waals surface area contributed by atoms with Crippen molar-refractivity contribution < 1.29 is 5.11 Å². The van der Waals surface area contributed by atoms with Crippen molar-refractivity contribution in [2.24, 2.45) is 0 Å². The predicted octanol–water partition coefficient (Wildman–Crippen LogP) is 1.45. The lowest BCUT2D eigenvalue weighted by molar-refractivity contribution is 0.281. The quantitative estimate of drug-likeness (QED) is 0.640. The fraction of sp³-hybridized carbons (Fsp3) is 0.250. The van der Waals surface area contributed by atoms with Gasteiger partial charge in [-0.3, -0.25) is 0 Å². The summed E-state index contributed by atoms with van der Waals surface area (Å²) in [5.41, 5.74) is 2.23. The van der Waals surface area contributed by atoms with Crippen molar-refractivity contribution in [3.8, 4) is 0 Å². The first-order chi connectivity index (χ1) is 5.27. The molecule has 0 unspecified atom stereocenters. The Morgan fingerprint density at radius 1 is 1.45 bits per heavy atom. The van der Waals surface area contributed by atoms with Crippen molar-refractivity contribution in [1.82, 2.24) is 0 Å². The summed E-state index contributed by atoms with van der Waals surface area (Å²) in [6.07, 6.45) is 0. The van der Waals surface area contributed by atoms with Crippen molar-refractivity contribution in [3.05, 3.63) is 32.9 Å². The lowest BCUT2D eigenvalue weighted by Gasteiger charge is -2.02. The minimum Gasteiger partial charge on any atom is -0.392 e. The number of halogens is 1. The van der Waals surface area contributed by atoms with Gasteiger partial charge in [0.2, 0.25) is 0 Å². The molecule has 0 aliphatic carbocycles. The average Bonchev–Trinajstić information content (AvgIpc) is 2.04. The average molecular weight is 275 g/mol. The van der Waals surface area contributed by atoms with E-state index in [1.807, 2.05) is 12.1 Å². The highest BCUT2D eigenvalue weighted by Gasteiger charge is 1.97. The first-order valence-corrected chi connectivity index (χ1v) is 5.09. The lowest BCUT2D eigenvalue weighted by atomic mass is 10.2. The molecule has 1 rings (SSSR count). The number of hydrogen-bond donors (Lipinski definition) is 1. The highest BCUT2D eigenvalue weighted by molar-refractivity contribution is 14.1. The Hall–Kier alpha value is 0.127. The second-order valence-corrected chi connectivity index (χ2v) is 3.78. The van der Waals surface area contributed by atoms with Gasteiger partial charge >= 0.3 is 0 Å². The number of aliphatic hydroxyl groups excluding tert-OH is 1. The van der Waals surface area contributed by atoms with Crippen LogP contribution in [0.15, 0.2) is 18.2 Å². The molecule has 1 aromatic carbocycles. The lowest BCUT2D eigenvalue weighted by Crippen LogP contribution is -1.91. The van der Waals surface area contributed by atoms with Crippen LogP contribution < -0.4 is 0 Å². The normalized spacial score (nSPS) is 10.1. The molecule has 0 aliphatic rings. The Bertz CT molecular complexity index is 250. The second-order valence-electron chi connectivity index (χ2n) is 2.26. The van der Waals surface area contributed by atoms with Crippen molar-refractivity contribution in [3.63, 3.8) is 0 Å². The Labute approximate surface area is 83.4 Å². The van der Waals surface area contributed by atoms with Crippen LogP contribution in [0.2, 0.25) is 0 Å². The van der Waals surface area contributed by atoms with E-state index in [2.05, 4.69) is 38.9 Å². The van der Waals surface area contributed by atoms with Gasteiger partial charge in [0.05, 0.1) is 6.61 Å². The highest BCUT2D eigenvalue weighted by Crippen LogP contribution is 2.14. The molecular formula is C8H8IOSi. The van der Waals surface area contributed by atoms with Crippen molar-refractivity contribution >= 4 is 32.8 Å².